The zero-order chi connectivity index (χ0) is 18.8. The van der Waals surface area contributed by atoms with Crippen molar-refractivity contribution < 1.29 is 23.9 Å². The Morgan fingerprint density at radius 3 is 2.54 bits per heavy atom. The van der Waals surface area contributed by atoms with Crippen molar-refractivity contribution in [3.05, 3.63) is 52.2 Å². The van der Waals surface area contributed by atoms with Crippen LogP contribution in [0, 0.1) is 0 Å². The zero-order valence-electron chi connectivity index (χ0n) is 14.5. The van der Waals surface area contributed by atoms with Gasteiger partial charge in [0.15, 0.2) is 5.78 Å². The topological polar surface area (TPSA) is 81.7 Å². The third kappa shape index (κ3) is 6.33. The Bertz CT molecular complexity index is 725. The van der Waals surface area contributed by atoms with Crippen molar-refractivity contribution in [2.24, 2.45) is 0 Å². The highest BCUT2D eigenvalue weighted by molar-refractivity contribution is 7.12. The minimum atomic E-state index is -0.534. The number of thiophene rings is 1. The number of rotatable bonds is 10. The number of ether oxygens (including phenoxy) is 2. The van der Waals surface area contributed by atoms with E-state index in [1.165, 1.54) is 11.3 Å². The van der Waals surface area contributed by atoms with E-state index in [0.29, 0.717) is 35.6 Å². The smallest absolute Gasteiger partial charge is 0.325 e. The Labute approximate surface area is 156 Å². The minimum absolute atomic E-state index is 0.0415. The quantitative estimate of drug-likeness (QED) is 0.392. The molecule has 2 rings (SSSR count). The van der Waals surface area contributed by atoms with Gasteiger partial charge in [-0.3, -0.25) is 14.4 Å². The van der Waals surface area contributed by atoms with Crippen LogP contribution in [0.15, 0.2) is 41.8 Å². The molecule has 0 spiro atoms. The molecule has 7 heteroatoms. The van der Waals surface area contributed by atoms with Gasteiger partial charge in [-0.15, -0.1) is 11.3 Å². The lowest BCUT2D eigenvalue weighted by Crippen LogP contribution is -2.30. The van der Waals surface area contributed by atoms with Gasteiger partial charge in [0.2, 0.25) is 0 Å². The number of amides is 1. The summed E-state index contributed by atoms with van der Waals surface area (Å²) >= 11 is 1.40. The average Bonchev–Trinajstić information content (AvgIpc) is 3.19. The third-order valence-corrected chi connectivity index (χ3v) is 4.34. The van der Waals surface area contributed by atoms with Crippen molar-refractivity contribution in [3.63, 3.8) is 0 Å². The molecule has 1 N–H and O–H groups in total. The van der Waals surface area contributed by atoms with Crippen LogP contribution in [-0.2, 0) is 9.53 Å². The number of esters is 1. The highest BCUT2D eigenvalue weighted by atomic mass is 32.1. The monoisotopic (exact) mass is 375 g/mol. The van der Waals surface area contributed by atoms with Crippen molar-refractivity contribution in [3.8, 4) is 5.75 Å². The predicted octanol–water partition coefficient (Wildman–Crippen LogP) is 3.08. The molecule has 0 aliphatic carbocycles. The van der Waals surface area contributed by atoms with Gasteiger partial charge in [0.1, 0.15) is 12.3 Å². The van der Waals surface area contributed by atoms with Crippen LogP contribution in [0.1, 0.15) is 39.8 Å². The molecule has 0 fully saturated rings. The SMILES string of the molecule is CCOc1ccc(C(=O)NCC(=O)OCCCC(=O)c2cccs2)cc1. The molecule has 26 heavy (non-hydrogen) atoms. The number of Topliss-reactive ketones (excluding diaryl/α,β-unsaturated/α-hetero) is 1. The molecule has 0 aliphatic rings. The summed E-state index contributed by atoms with van der Waals surface area (Å²) in [5, 5.41) is 4.35. The standard InChI is InChI=1S/C19H21NO5S/c1-2-24-15-9-7-14(8-10-15)19(23)20-13-18(22)25-11-3-5-16(21)17-6-4-12-26-17/h4,6-10,12H,2-3,5,11,13H2,1H3,(H,20,23). The van der Waals surface area contributed by atoms with Gasteiger partial charge < -0.3 is 14.8 Å². The maximum Gasteiger partial charge on any atom is 0.325 e. The Balaban J connectivity index is 1.63. The van der Waals surface area contributed by atoms with Crippen LogP contribution in [-0.4, -0.2) is 37.4 Å². The summed E-state index contributed by atoms with van der Waals surface area (Å²) in [6.07, 6.45) is 0.779. The van der Waals surface area contributed by atoms with E-state index in [1.54, 1.807) is 30.3 Å². The zero-order valence-corrected chi connectivity index (χ0v) is 15.3. The first-order chi connectivity index (χ1) is 12.6. The van der Waals surface area contributed by atoms with Gasteiger partial charge in [-0.25, -0.2) is 0 Å². The second-order valence-corrected chi connectivity index (χ2v) is 6.31. The molecule has 0 saturated heterocycles. The van der Waals surface area contributed by atoms with Crippen molar-refractivity contribution in [1.29, 1.82) is 0 Å². The number of benzene rings is 1. The first kappa shape index (κ1) is 19.7. The molecule has 6 nitrogen and oxygen atoms in total. The highest BCUT2D eigenvalue weighted by Gasteiger charge is 2.10. The molecular weight excluding hydrogens is 354 g/mol. The largest absolute Gasteiger partial charge is 0.494 e. The molecular formula is C19H21NO5S. The molecule has 138 valence electrons. The van der Waals surface area contributed by atoms with Crippen LogP contribution in [0.2, 0.25) is 0 Å². The van der Waals surface area contributed by atoms with Crippen molar-refractivity contribution in [1.82, 2.24) is 5.32 Å². The van der Waals surface area contributed by atoms with Crippen LogP contribution in [0.3, 0.4) is 0 Å². The number of hydrogen-bond donors (Lipinski definition) is 1. The fraction of sp³-hybridized carbons (Fsp3) is 0.316. The summed E-state index contributed by atoms with van der Waals surface area (Å²) in [6, 6.07) is 10.2. The molecule has 0 bridgehead atoms. The molecule has 0 atom stereocenters. The molecule has 0 aliphatic heterocycles. The number of hydrogen-bond acceptors (Lipinski definition) is 6. The number of carbonyl (C=O) groups excluding carboxylic acids is 3. The minimum Gasteiger partial charge on any atom is -0.494 e. The van der Waals surface area contributed by atoms with Crippen LogP contribution < -0.4 is 10.1 Å². The first-order valence-corrected chi connectivity index (χ1v) is 9.21. The maximum atomic E-state index is 12.0. The third-order valence-electron chi connectivity index (χ3n) is 3.43. The summed E-state index contributed by atoms with van der Waals surface area (Å²) in [5.74, 6) is -0.175. The summed E-state index contributed by atoms with van der Waals surface area (Å²) in [4.78, 5) is 36.1. The van der Waals surface area contributed by atoms with Gasteiger partial charge in [0.25, 0.3) is 5.91 Å². The molecule has 0 saturated carbocycles. The van der Waals surface area contributed by atoms with Crippen LogP contribution in [0.4, 0.5) is 0 Å². The second kappa shape index (κ2) is 10.4. The van der Waals surface area contributed by atoms with Crippen LogP contribution in [0.25, 0.3) is 0 Å². The first-order valence-electron chi connectivity index (χ1n) is 8.33. The van der Waals surface area contributed by atoms with E-state index in [2.05, 4.69) is 5.32 Å². The maximum absolute atomic E-state index is 12.0. The van der Waals surface area contributed by atoms with E-state index in [0.717, 1.165) is 0 Å². The Morgan fingerprint density at radius 1 is 1.12 bits per heavy atom. The highest BCUT2D eigenvalue weighted by Crippen LogP contribution is 2.13. The van der Waals surface area contributed by atoms with E-state index < -0.39 is 5.97 Å². The van der Waals surface area contributed by atoms with Gasteiger partial charge >= 0.3 is 5.97 Å². The molecule has 0 radical (unpaired) electrons. The molecule has 1 heterocycles. The lowest BCUT2D eigenvalue weighted by molar-refractivity contribution is -0.142. The predicted molar refractivity (Wildman–Crippen MR) is 98.8 cm³/mol. The Kier molecular flexibility index (Phi) is 7.82. The summed E-state index contributed by atoms with van der Waals surface area (Å²) < 4.78 is 10.3. The van der Waals surface area contributed by atoms with E-state index in [4.69, 9.17) is 9.47 Å². The van der Waals surface area contributed by atoms with E-state index in [-0.39, 0.29) is 24.8 Å². The van der Waals surface area contributed by atoms with Gasteiger partial charge in [-0.1, -0.05) is 6.07 Å². The number of ketones is 1. The number of nitrogens with one attached hydrogen (secondary N) is 1. The van der Waals surface area contributed by atoms with E-state index in [9.17, 15) is 14.4 Å². The molecule has 1 aromatic carbocycles. The summed E-state index contributed by atoms with van der Waals surface area (Å²) in [7, 11) is 0. The van der Waals surface area contributed by atoms with E-state index in [1.807, 2.05) is 18.4 Å². The van der Waals surface area contributed by atoms with Gasteiger partial charge in [-0.05, 0) is 49.1 Å². The fourth-order valence-corrected chi connectivity index (χ4v) is 2.85. The lowest BCUT2D eigenvalue weighted by Gasteiger charge is -2.07. The molecule has 1 amide bonds. The van der Waals surface area contributed by atoms with Gasteiger partial charge in [0, 0.05) is 12.0 Å². The van der Waals surface area contributed by atoms with Crippen molar-refractivity contribution in [2.45, 2.75) is 19.8 Å². The average molecular weight is 375 g/mol. The molecule has 2 aromatic rings. The van der Waals surface area contributed by atoms with Gasteiger partial charge in [-0.2, -0.15) is 0 Å². The van der Waals surface area contributed by atoms with Crippen LogP contribution in [0.5, 0.6) is 5.75 Å². The normalized spacial score (nSPS) is 10.2. The fourth-order valence-electron chi connectivity index (χ4n) is 2.15. The summed E-state index contributed by atoms with van der Waals surface area (Å²) in [5.41, 5.74) is 0.433. The Hall–Kier alpha value is -2.67. The summed E-state index contributed by atoms with van der Waals surface area (Å²) in [6.45, 7) is 2.36. The second-order valence-electron chi connectivity index (χ2n) is 5.36. The van der Waals surface area contributed by atoms with Crippen LogP contribution >= 0.6 is 11.3 Å². The van der Waals surface area contributed by atoms with Crippen molar-refractivity contribution >= 4 is 29.0 Å². The van der Waals surface area contributed by atoms with Crippen molar-refractivity contribution in [2.75, 3.05) is 19.8 Å². The van der Waals surface area contributed by atoms with E-state index >= 15 is 0 Å². The lowest BCUT2D eigenvalue weighted by atomic mass is 10.2. The van der Waals surface area contributed by atoms with Gasteiger partial charge in [0.05, 0.1) is 18.1 Å². The molecule has 1 aromatic heterocycles. The number of carbonyl (C=O) groups is 3. The Morgan fingerprint density at radius 2 is 1.88 bits per heavy atom. The molecule has 0 unspecified atom stereocenters.